The molecule has 0 aliphatic carbocycles. The number of rotatable bonds is 5. The molecule has 1 fully saturated rings. The highest BCUT2D eigenvalue weighted by Gasteiger charge is 2.35. The third-order valence-corrected chi connectivity index (χ3v) is 3.60. The Kier molecular flexibility index (Phi) is 4.52. The first-order chi connectivity index (χ1) is 9.85. The number of nitrogens with one attached hydrogen (secondary N) is 1. The van der Waals surface area contributed by atoms with E-state index in [4.69, 9.17) is 5.11 Å². The Morgan fingerprint density at radius 2 is 1.90 bits per heavy atom. The van der Waals surface area contributed by atoms with Gasteiger partial charge in [-0.3, -0.25) is 14.5 Å². The van der Waals surface area contributed by atoms with Gasteiger partial charge in [0.1, 0.15) is 11.6 Å². The van der Waals surface area contributed by atoms with Crippen molar-refractivity contribution in [3.8, 4) is 0 Å². The quantitative estimate of drug-likeness (QED) is 0.865. The van der Waals surface area contributed by atoms with Gasteiger partial charge in [0.05, 0.1) is 12.5 Å². The van der Waals surface area contributed by atoms with Gasteiger partial charge in [-0.1, -0.05) is 6.92 Å². The van der Waals surface area contributed by atoms with Gasteiger partial charge in [0.25, 0.3) is 0 Å². The van der Waals surface area contributed by atoms with Crippen molar-refractivity contribution >= 4 is 17.6 Å². The van der Waals surface area contributed by atoms with E-state index in [9.17, 15) is 18.4 Å². The molecule has 0 spiro atoms. The van der Waals surface area contributed by atoms with Crippen LogP contribution in [0.4, 0.5) is 14.5 Å². The van der Waals surface area contributed by atoms with E-state index in [1.54, 1.807) is 11.8 Å². The molecule has 1 aliphatic rings. The Bertz CT molecular complexity index is 539. The van der Waals surface area contributed by atoms with Crippen LogP contribution >= 0.6 is 0 Å². The van der Waals surface area contributed by atoms with E-state index >= 15 is 0 Å². The zero-order chi connectivity index (χ0) is 15.6. The molecule has 21 heavy (non-hydrogen) atoms. The van der Waals surface area contributed by atoms with Crippen molar-refractivity contribution in [1.82, 2.24) is 4.90 Å². The fourth-order valence-corrected chi connectivity index (χ4v) is 2.29. The number of carboxylic acid groups (broad SMARTS) is 1. The van der Waals surface area contributed by atoms with Gasteiger partial charge in [-0.2, -0.15) is 0 Å². The Labute approximate surface area is 120 Å². The second-order valence-corrected chi connectivity index (χ2v) is 5.29. The van der Waals surface area contributed by atoms with Crippen molar-refractivity contribution in [2.24, 2.45) is 11.8 Å². The van der Waals surface area contributed by atoms with Crippen LogP contribution in [0.1, 0.15) is 6.92 Å². The summed E-state index contributed by atoms with van der Waals surface area (Å²) in [6.45, 7) is 2.76. The van der Waals surface area contributed by atoms with Crippen molar-refractivity contribution in [1.29, 1.82) is 0 Å². The zero-order valence-electron chi connectivity index (χ0n) is 11.5. The Balaban J connectivity index is 1.80. The Hall–Kier alpha value is -2.02. The third-order valence-electron chi connectivity index (χ3n) is 3.60. The number of nitrogens with zero attached hydrogens (tertiary/aromatic N) is 1. The summed E-state index contributed by atoms with van der Waals surface area (Å²) in [6.07, 6.45) is 0. The molecule has 2 N–H and O–H groups in total. The topological polar surface area (TPSA) is 69.6 Å². The van der Waals surface area contributed by atoms with E-state index in [1.165, 1.54) is 0 Å². The summed E-state index contributed by atoms with van der Waals surface area (Å²) in [7, 11) is 0. The van der Waals surface area contributed by atoms with Gasteiger partial charge < -0.3 is 10.4 Å². The smallest absolute Gasteiger partial charge is 0.306 e. The molecule has 1 aliphatic heterocycles. The number of amides is 1. The van der Waals surface area contributed by atoms with E-state index in [-0.39, 0.29) is 24.1 Å². The molecule has 0 bridgehead atoms. The van der Waals surface area contributed by atoms with E-state index in [1.807, 2.05) is 0 Å². The lowest BCUT2D eigenvalue weighted by Crippen LogP contribution is -2.53. The molecule has 2 rings (SSSR count). The monoisotopic (exact) mass is 298 g/mol. The summed E-state index contributed by atoms with van der Waals surface area (Å²) in [5.41, 5.74) is 0.0634. The van der Waals surface area contributed by atoms with Crippen LogP contribution in [0, 0.1) is 23.5 Å². The van der Waals surface area contributed by atoms with Crippen LogP contribution in [0.15, 0.2) is 18.2 Å². The average molecular weight is 298 g/mol. The second kappa shape index (κ2) is 6.17. The molecule has 1 unspecified atom stereocenters. The van der Waals surface area contributed by atoms with E-state index in [0.717, 1.165) is 18.2 Å². The molecule has 0 aromatic heterocycles. The highest BCUT2D eigenvalue weighted by Crippen LogP contribution is 2.23. The molecule has 1 aromatic rings. The summed E-state index contributed by atoms with van der Waals surface area (Å²) in [6, 6.07) is 2.79. The molecule has 1 amide bonds. The lowest BCUT2D eigenvalue weighted by Gasteiger charge is -2.40. The lowest BCUT2D eigenvalue weighted by atomic mass is 9.87. The number of hydrogen-bond donors (Lipinski definition) is 2. The van der Waals surface area contributed by atoms with Crippen LogP contribution in [0.5, 0.6) is 0 Å². The number of likely N-dealkylation sites (tertiary alicyclic amines) is 1. The fourth-order valence-electron chi connectivity index (χ4n) is 2.29. The van der Waals surface area contributed by atoms with Crippen LogP contribution < -0.4 is 5.32 Å². The third kappa shape index (κ3) is 3.98. The van der Waals surface area contributed by atoms with E-state index < -0.39 is 23.5 Å². The predicted molar refractivity (Wildman–Crippen MR) is 71.7 cm³/mol. The maximum absolute atomic E-state index is 13.0. The standard InChI is InChI=1S/C14H16F2N2O3/c1-8(14(20)21)9-5-18(6-9)7-13(19)17-12-3-10(15)2-11(16)4-12/h2-4,8-9H,5-7H2,1H3,(H,17,19)(H,20,21). The fraction of sp³-hybridized carbons (Fsp3) is 0.429. The summed E-state index contributed by atoms with van der Waals surface area (Å²) in [4.78, 5) is 24.3. The maximum Gasteiger partial charge on any atom is 0.306 e. The van der Waals surface area contributed by atoms with E-state index in [0.29, 0.717) is 13.1 Å². The molecule has 0 radical (unpaired) electrons. The number of carbonyl (C=O) groups is 2. The Morgan fingerprint density at radius 1 is 1.33 bits per heavy atom. The van der Waals surface area contributed by atoms with Crippen LogP contribution in [-0.2, 0) is 9.59 Å². The summed E-state index contributed by atoms with van der Waals surface area (Å²) < 4.78 is 26.0. The molecule has 7 heteroatoms. The predicted octanol–water partition coefficient (Wildman–Crippen LogP) is 1.56. The summed E-state index contributed by atoms with van der Waals surface area (Å²) >= 11 is 0. The molecule has 114 valence electrons. The normalized spacial score (nSPS) is 17.1. The second-order valence-electron chi connectivity index (χ2n) is 5.29. The lowest BCUT2D eigenvalue weighted by molar-refractivity contribution is -0.145. The molecule has 1 atom stereocenters. The van der Waals surface area contributed by atoms with Crippen LogP contribution in [-0.4, -0.2) is 41.5 Å². The van der Waals surface area contributed by atoms with E-state index in [2.05, 4.69) is 5.32 Å². The number of aliphatic carboxylic acids is 1. The van der Waals surface area contributed by atoms with Crippen molar-refractivity contribution in [2.75, 3.05) is 25.0 Å². The summed E-state index contributed by atoms with van der Waals surface area (Å²) in [5.74, 6) is -3.17. The highest BCUT2D eigenvalue weighted by molar-refractivity contribution is 5.92. The van der Waals surface area contributed by atoms with Gasteiger partial charge >= 0.3 is 5.97 Å². The van der Waals surface area contributed by atoms with Crippen LogP contribution in [0.3, 0.4) is 0 Å². The minimum Gasteiger partial charge on any atom is -0.481 e. The molecule has 1 heterocycles. The van der Waals surface area contributed by atoms with Gasteiger partial charge in [-0.05, 0) is 18.1 Å². The molecule has 1 saturated heterocycles. The van der Waals surface area contributed by atoms with Crippen molar-refractivity contribution in [3.05, 3.63) is 29.8 Å². The number of hydrogen-bond acceptors (Lipinski definition) is 3. The van der Waals surface area contributed by atoms with Crippen molar-refractivity contribution in [2.45, 2.75) is 6.92 Å². The van der Waals surface area contributed by atoms with Crippen molar-refractivity contribution in [3.63, 3.8) is 0 Å². The number of carbonyl (C=O) groups excluding carboxylic acids is 1. The van der Waals surface area contributed by atoms with Crippen LogP contribution in [0.25, 0.3) is 0 Å². The average Bonchev–Trinajstić information content (AvgIpc) is 2.30. The first kappa shape index (κ1) is 15.4. The minimum atomic E-state index is -0.848. The number of anilines is 1. The van der Waals surface area contributed by atoms with Gasteiger partial charge in [0.2, 0.25) is 5.91 Å². The Morgan fingerprint density at radius 3 is 2.43 bits per heavy atom. The molecule has 0 saturated carbocycles. The first-order valence-corrected chi connectivity index (χ1v) is 6.56. The van der Waals surface area contributed by atoms with Crippen molar-refractivity contribution < 1.29 is 23.5 Å². The van der Waals surface area contributed by atoms with Gasteiger partial charge in [0.15, 0.2) is 0 Å². The largest absolute Gasteiger partial charge is 0.481 e. The number of carboxylic acids is 1. The van der Waals surface area contributed by atoms with Gasteiger partial charge in [-0.15, -0.1) is 0 Å². The number of halogens is 2. The molecular formula is C14H16F2N2O3. The molecular weight excluding hydrogens is 282 g/mol. The SMILES string of the molecule is CC(C(=O)O)C1CN(CC(=O)Nc2cc(F)cc(F)c2)C1. The molecule has 1 aromatic carbocycles. The van der Waals surface area contributed by atoms with Gasteiger partial charge in [0, 0.05) is 24.8 Å². The maximum atomic E-state index is 13.0. The number of benzene rings is 1. The summed E-state index contributed by atoms with van der Waals surface area (Å²) in [5, 5.41) is 11.3. The first-order valence-electron chi connectivity index (χ1n) is 6.56. The zero-order valence-corrected chi connectivity index (χ0v) is 11.5. The minimum absolute atomic E-state index is 0.0296. The molecule has 5 nitrogen and oxygen atoms in total. The van der Waals surface area contributed by atoms with Crippen LogP contribution in [0.2, 0.25) is 0 Å². The van der Waals surface area contributed by atoms with Gasteiger partial charge in [-0.25, -0.2) is 8.78 Å². The highest BCUT2D eigenvalue weighted by atomic mass is 19.1.